The van der Waals surface area contributed by atoms with Gasteiger partial charge in [-0.05, 0) is 418 Å². The van der Waals surface area contributed by atoms with Gasteiger partial charge in [0.1, 0.15) is 6.10 Å². The van der Waals surface area contributed by atoms with Gasteiger partial charge in [-0.25, -0.2) is 0 Å². The Morgan fingerprint density at radius 1 is 0.352 bits per heavy atom. The molecule has 1 aliphatic heterocycles. The van der Waals surface area contributed by atoms with Crippen molar-refractivity contribution in [2.45, 2.75) is 378 Å². The molecule has 0 spiro atoms. The van der Waals surface area contributed by atoms with Crippen LogP contribution in [0, 0.1) is 166 Å². The minimum absolute atomic E-state index is 0. The summed E-state index contributed by atoms with van der Waals surface area (Å²) in [5, 5.41) is 28.6. The highest BCUT2D eigenvalue weighted by atomic mass is 28.4. The molecule has 31 atom stereocenters. The second kappa shape index (κ2) is 43.5. The van der Waals surface area contributed by atoms with Crippen molar-refractivity contribution in [2.75, 3.05) is 35.0 Å². The molecule has 17 rings (SSSR count). The van der Waals surface area contributed by atoms with Crippen LogP contribution in [0.1, 0.15) is 240 Å². The lowest BCUT2D eigenvalue weighted by atomic mass is 9.65. The van der Waals surface area contributed by atoms with E-state index in [2.05, 4.69) is 72.0 Å². The summed E-state index contributed by atoms with van der Waals surface area (Å²) in [6.07, 6.45) is -14.6. The maximum atomic E-state index is 14.0. The molecule has 0 aromatic rings. The number of hydrogen-bond donors (Lipinski definition) is 3. The monoisotopic (exact) mass is 1860 g/mol. The summed E-state index contributed by atoms with van der Waals surface area (Å²) in [4.78, 5) is 0. The van der Waals surface area contributed by atoms with Crippen LogP contribution in [0.25, 0.3) is 0 Å². The first-order valence-electron chi connectivity index (χ1n) is 43.3. The van der Waals surface area contributed by atoms with E-state index >= 15 is 0 Å². The third-order valence-corrected chi connectivity index (χ3v) is 37.0. The van der Waals surface area contributed by atoms with Crippen LogP contribution >= 0.6 is 0 Å². The fourth-order valence-corrected chi connectivity index (χ4v) is 27.6. The van der Waals surface area contributed by atoms with Gasteiger partial charge in [0.05, 0.1) is 0 Å². The summed E-state index contributed by atoms with van der Waals surface area (Å²) in [6.45, 7) is 24.8. The van der Waals surface area contributed by atoms with E-state index in [4.69, 9.17) is 27.2 Å². The molecular weight excluding hydrogens is 1690 g/mol. The van der Waals surface area contributed by atoms with E-state index in [-0.39, 0.29) is 115 Å². The highest BCUT2D eigenvalue weighted by molar-refractivity contribution is 6.70. The van der Waals surface area contributed by atoms with Gasteiger partial charge in [0.15, 0.2) is 45.9 Å². The normalized spacial score (nSPS) is 38.2. The second-order valence-electron chi connectivity index (χ2n) is 42.1. The number of alkyl halides is 18. The van der Waals surface area contributed by atoms with Gasteiger partial charge < -0.3 is 42.5 Å². The molecular formula is C91H170F18O9Si4. The van der Waals surface area contributed by atoms with Crippen molar-refractivity contribution in [1.29, 1.82) is 0 Å². The van der Waals surface area contributed by atoms with Crippen molar-refractivity contribution >= 4 is 34.0 Å². The van der Waals surface area contributed by atoms with E-state index in [0.29, 0.717) is 114 Å². The largest absolute Gasteiger partial charge is 0.426 e. The molecule has 730 valence electrons. The van der Waals surface area contributed by atoms with Gasteiger partial charge in [-0.3, -0.25) is 0 Å². The van der Waals surface area contributed by atoms with Crippen molar-refractivity contribution in [1.82, 2.24) is 0 Å². The molecule has 17 fully saturated rings. The topological polar surface area (TPSA) is 116 Å². The van der Waals surface area contributed by atoms with Crippen LogP contribution in [0.5, 0.6) is 0 Å². The lowest BCUT2D eigenvalue weighted by Gasteiger charge is -2.45. The van der Waals surface area contributed by atoms with Crippen molar-refractivity contribution < 1.29 is 122 Å². The summed E-state index contributed by atoms with van der Waals surface area (Å²) in [5.41, 5.74) is -11.2. The molecule has 16 bridgehead atoms. The molecule has 31 heteroatoms. The average Bonchev–Trinajstić information content (AvgIpc) is 1.55. The van der Waals surface area contributed by atoms with E-state index in [0.717, 1.165) is 107 Å². The highest BCUT2D eigenvalue weighted by Gasteiger charge is 2.77. The number of hydrogen-bond acceptors (Lipinski definition) is 9. The Kier molecular flexibility index (Phi) is 41.8. The molecule has 0 radical (unpaired) electrons. The van der Waals surface area contributed by atoms with Gasteiger partial charge in [0.25, 0.3) is 11.2 Å². The van der Waals surface area contributed by atoms with E-state index in [1.54, 1.807) is 28.4 Å². The predicted octanol–water partition coefficient (Wildman–Crippen LogP) is 28.4. The van der Waals surface area contributed by atoms with Crippen molar-refractivity contribution in [2.24, 2.45) is 166 Å². The Balaban J connectivity index is 0.000000500. The minimum atomic E-state index is -5.68. The Bertz CT molecular complexity index is 3020. The average molecular weight is 1860 g/mol. The zero-order valence-electron chi connectivity index (χ0n) is 70.3. The maximum absolute atomic E-state index is 14.0. The van der Waals surface area contributed by atoms with Crippen LogP contribution in [-0.2, 0) is 27.2 Å². The molecule has 1 heterocycles. The summed E-state index contributed by atoms with van der Waals surface area (Å²) < 4.78 is 268. The smallest absolute Gasteiger partial charge is 0.424 e. The summed E-state index contributed by atoms with van der Waals surface area (Å²) in [7, 11) is 3.03. The third kappa shape index (κ3) is 25.2. The molecule has 16 aliphatic carbocycles. The van der Waals surface area contributed by atoms with Crippen LogP contribution in [0.15, 0.2) is 0 Å². The van der Waals surface area contributed by atoms with Gasteiger partial charge in [-0.15, -0.1) is 0 Å². The standard InChI is InChI=1S/C21H28F6O2.C16H20F6O.C16H23F3O.C15H21F3O.3C4H12OSi.C3H10OSi.8CH4/c22-20(23,24)19(21(25,26)27,29-16-3-1-2-6-28-16)10-14-8-13-9-15(14)18-12-5-4-11(7-12)17(13)18;17-15(18,19)14(23,16(20,21)22)6-10-4-9-5-11(10)13-8-2-1-7(3-8)12(9)13;1-15(20,16(17,18)19)7-11-5-10-6-12(11)14-9-3-2-8(4-9)13(10)14;16-15(17,18)12(19)6-9-4-10-5-11(9)14-8-2-1-7(3-8)13(10)14;3*1-5-6(2,3)4;1-4-5(2)3;;;;;;;;/h11-18H,1-10H2;7-13,23H,1-6H2;8-14,20H,2-7H2,1H3;7-14,19H,1-6H2;3*1-4H3;5H,1-3H3;8*1H4. The molecule has 0 aromatic heterocycles. The van der Waals surface area contributed by atoms with Crippen LogP contribution < -0.4 is 0 Å². The lowest BCUT2D eigenvalue weighted by Crippen LogP contribution is -2.62. The molecule has 9 nitrogen and oxygen atoms in total. The van der Waals surface area contributed by atoms with Crippen molar-refractivity contribution in [3.05, 3.63) is 0 Å². The van der Waals surface area contributed by atoms with Crippen molar-refractivity contribution in [3.63, 3.8) is 0 Å². The number of ether oxygens (including phenoxy) is 2. The fraction of sp³-hybridized carbons (Fsp3) is 1.00. The van der Waals surface area contributed by atoms with Gasteiger partial charge in [0, 0.05) is 35.0 Å². The minimum Gasteiger partial charge on any atom is -0.424 e. The van der Waals surface area contributed by atoms with E-state index in [1.807, 2.05) is 0 Å². The van der Waals surface area contributed by atoms with E-state index in [1.165, 1.54) is 51.4 Å². The molecule has 0 amide bonds. The first-order valence-corrected chi connectivity index (χ1v) is 56.3. The maximum Gasteiger partial charge on any atom is 0.426 e. The predicted molar refractivity (Wildman–Crippen MR) is 465 cm³/mol. The molecule has 0 aromatic carbocycles. The Morgan fingerprint density at radius 2 is 0.615 bits per heavy atom. The van der Waals surface area contributed by atoms with Crippen molar-refractivity contribution in [3.8, 4) is 0 Å². The number of halogens is 18. The first-order chi connectivity index (χ1) is 52.3. The number of aliphatic hydroxyl groups excluding tert-OH is 1. The Labute approximate surface area is 730 Å². The van der Waals surface area contributed by atoms with Gasteiger partial charge >= 0.3 is 37.1 Å². The SMILES string of the molecule is C.C.C.C.C.C.C.C.CC(O)(CC1CC2CC1C1C3CCC(C3)C21)C(F)(F)F.CO[SiH](C)C.CO[Si](C)(C)C.CO[Si](C)(C)C.CO[Si](C)(C)C.FC(F)(F)C(CC1CC2CC1C1C3CCC(C3)C21)(OC1CCCCO1)C(F)(F)F.OC(CC1CC2CC1C1C3CCC(C3)C21)(C(F)(F)F)C(F)(F)F.OC(CC1CC2CC1C1C3CCC(C3)C21)C(F)(F)F. The van der Waals surface area contributed by atoms with Crippen LogP contribution in [0.2, 0.25) is 72.0 Å². The Morgan fingerprint density at radius 3 is 0.852 bits per heavy atom. The summed E-state index contributed by atoms with van der Waals surface area (Å²) in [5.74, 6) is 12.2. The fourth-order valence-electron chi connectivity index (χ4n) is 27.6. The molecule has 122 heavy (non-hydrogen) atoms. The van der Waals surface area contributed by atoms with Crippen LogP contribution in [0.4, 0.5) is 79.0 Å². The van der Waals surface area contributed by atoms with Gasteiger partial charge in [-0.1, -0.05) is 59.4 Å². The molecule has 16 saturated carbocycles. The van der Waals surface area contributed by atoms with Crippen LogP contribution in [0.3, 0.4) is 0 Å². The number of fused-ring (bicyclic) bond motifs is 36. The zero-order valence-corrected chi connectivity index (χ0v) is 74.4. The van der Waals surface area contributed by atoms with Gasteiger partial charge in [0.2, 0.25) is 0 Å². The number of aliphatic hydroxyl groups is 3. The number of rotatable bonds is 14. The molecule has 31 unspecified atom stereocenters. The Hall–Kier alpha value is -0.752. The van der Waals surface area contributed by atoms with Crippen LogP contribution in [-0.4, -0.2) is 151 Å². The van der Waals surface area contributed by atoms with E-state index in [9.17, 15) is 94.3 Å². The van der Waals surface area contributed by atoms with E-state index < -0.39 is 125 Å². The molecule has 1 saturated heterocycles. The molecule has 17 aliphatic rings. The van der Waals surface area contributed by atoms with Gasteiger partial charge in [-0.2, -0.15) is 79.0 Å². The summed E-state index contributed by atoms with van der Waals surface area (Å²) in [6, 6.07) is 0. The zero-order chi connectivity index (χ0) is 84.9. The highest BCUT2D eigenvalue weighted by Crippen LogP contribution is 2.75. The quantitative estimate of drug-likeness (QED) is 0.0888. The third-order valence-electron chi connectivity index (χ3n) is 32.4. The first kappa shape index (κ1) is 117. The second-order valence-corrected chi connectivity index (χ2v) is 58.5. The molecule has 3 N–H and O–H groups in total. The summed E-state index contributed by atoms with van der Waals surface area (Å²) >= 11 is 0. The lowest BCUT2D eigenvalue weighted by molar-refractivity contribution is -0.416.